The van der Waals surface area contributed by atoms with Gasteiger partial charge in [0.1, 0.15) is 18.0 Å². The van der Waals surface area contributed by atoms with Crippen LogP contribution in [0.2, 0.25) is 5.02 Å². The SMILES string of the molecule is COc1ccc(NC(=O)CN(c2ccc(C)c(C)c2)S(=O)(=O)c2ccc(Cl)cc2)c(OC)c1. The van der Waals surface area contributed by atoms with Gasteiger partial charge < -0.3 is 14.8 Å². The topological polar surface area (TPSA) is 84.9 Å². The lowest BCUT2D eigenvalue weighted by molar-refractivity contribution is -0.114. The molecule has 9 heteroatoms. The molecule has 1 N–H and O–H groups in total. The Morgan fingerprint density at radius 1 is 0.939 bits per heavy atom. The zero-order valence-corrected chi connectivity index (χ0v) is 20.3. The average molecular weight is 489 g/mol. The number of carbonyl (C=O) groups excluding carboxylic acids is 1. The molecule has 0 heterocycles. The molecule has 0 saturated carbocycles. The Balaban J connectivity index is 1.97. The van der Waals surface area contributed by atoms with Crippen LogP contribution in [-0.2, 0) is 14.8 Å². The van der Waals surface area contributed by atoms with Gasteiger partial charge in [0, 0.05) is 11.1 Å². The quantitative estimate of drug-likeness (QED) is 0.492. The predicted molar refractivity (Wildman–Crippen MR) is 130 cm³/mol. The number of aryl methyl sites for hydroxylation is 2. The fraction of sp³-hybridized carbons (Fsp3) is 0.208. The van der Waals surface area contributed by atoms with E-state index in [1.165, 1.54) is 38.5 Å². The van der Waals surface area contributed by atoms with Crippen molar-refractivity contribution in [3.05, 3.63) is 76.8 Å². The lowest BCUT2D eigenvalue weighted by Crippen LogP contribution is -2.38. The molecule has 0 radical (unpaired) electrons. The number of ether oxygens (including phenoxy) is 2. The van der Waals surface area contributed by atoms with Crippen LogP contribution in [0.25, 0.3) is 0 Å². The fourth-order valence-electron chi connectivity index (χ4n) is 3.15. The highest BCUT2D eigenvalue weighted by atomic mass is 35.5. The van der Waals surface area contributed by atoms with E-state index in [0.717, 1.165) is 15.4 Å². The zero-order chi connectivity index (χ0) is 24.2. The molecule has 0 bridgehead atoms. The normalized spacial score (nSPS) is 11.1. The molecule has 0 atom stereocenters. The number of amides is 1. The monoisotopic (exact) mass is 488 g/mol. The molecule has 0 spiro atoms. The summed E-state index contributed by atoms with van der Waals surface area (Å²) in [7, 11) is -1.06. The Bertz CT molecular complexity index is 1260. The van der Waals surface area contributed by atoms with Gasteiger partial charge in [0.15, 0.2) is 0 Å². The number of methoxy groups -OCH3 is 2. The van der Waals surface area contributed by atoms with E-state index in [0.29, 0.717) is 27.9 Å². The molecule has 0 aliphatic rings. The summed E-state index contributed by atoms with van der Waals surface area (Å²) in [6, 6.07) is 16.0. The molecular formula is C24H25ClN2O5S. The Morgan fingerprint density at radius 2 is 1.64 bits per heavy atom. The van der Waals surface area contributed by atoms with Crippen molar-refractivity contribution in [3.8, 4) is 11.5 Å². The number of nitrogens with one attached hydrogen (secondary N) is 1. The number of carbonyl (C=O) groups is 1. The van der Waals surface area contributed by atoms with Gasteiger partial charge in [-0.1, -0.05) is 17.7 Å². The van der Waals surface area contributed by atoms with Gasteiger partial charge in [-0.2, -0.15) is 0 Å². The average Bonchev–Trinajstić information content (AvgIpc) is 2.80. The molecule has 1 amide bonds. The molecule has 7 nitrogen and oxygen atoms in total. The number of sulfonamides is 1. The van der Waals surface area contributed by atoms with E-state index < -0.39 is 22.5 Å². The first-order chi connectivity index (χ1) is 15.6. The van der Waals surface area contributed by atoms with Gasteiger partial charge in [-0.3, -0.25) is 9.10 Å². The number of benzene rings is 3. The molecule has 0 aliphatic carbocycles. The van der Waals surface area contributed by atoms with Gasteiger partial charge in [-0.15, -0.1) is 0 Å². The molecule has 3 aromatic rings. The Morgan fingerprint density at radius 3 is 2.24 bits per heavy atom. The van der Waals surface area contributed by atoms with Crippen molar-refractivity contribution in [1.29, 1.82) is 0 Å². The third-order valence-electron chi connectivity index (χ3n) is 5.15. The second kappa shape index (κ2) is 10.1. The van der Waals surface area contributed by atoms with Crippen molar-refractivity contribution >= 4 is 38.9 Å². The van der Waals surface area contributed by atoms with Crippen molar-refractivity contribution in [2.75, 3.05) is 30.4 Å². The summed E-state index contributed by atoms with van der Waals surface area (Å²) >= 11 is 5.93. The Kier molecular flexibility index (Phi) is 7.50. The number of rotatable bonds is 8. The molecule has 0 saturated heterocycles. The first kappa shape index (κ1) is 24.4. The first-order valence-corrected chi connectivity index (χ1v) is 11.8. The number of halogens is 1. The third-order valence-corrected chi connectivity index (χ3v) is 7.19. The number of nitrogens with zero attached hydrogens (tertiary/aromatic N) is 1. The summed E-state index contributed by atoms with van der Waals surface area (Å²) < 4.78 is 38.6. The molecular weight excluding hydrogens is 464 g/mol. The van der Waals surface area contributed by atoms with E-state index >= 15 is 0 Å². The zero-order valence-electron chi connectivity index (χ0n) is 18.8. The van der Waals surface area contributed by atoms with Gasteiger partial charge in [0.05, 0.1) is 30.5 Å². The van der Waals surface area contributed by atoms with E-state index in [9.17, 15) is 13.2 Å². The Labute approximate surface area is 198 Å². The van der Waals surface area contributed by atoms with Crippen molar-refractivity contribution < 1.29 is 22.7 Å². The molecule has 3 aromatic carbocycles. The maximum absolute atomic E-state index is 13.5. The van der Waals surface area contributed by atoms with Crippen LogP contribution in [-0.4, -0.2) is 35.1 Å². The van der Waals surface area contributed by atoms with Crippen LogP contribution in [0.3, 0.4) is 0 Å². The summed E-state index contributed by atoms with van der Waals surface area (Å²) in [5, 5.41) is 3.14. The van der Waals surface area contributed by atoms with Crippen LogP contribution < -0.4 is 19.1 Å². The maximum Gasteiger partial charge on any atom is 0.264 e. The molecule has 3 rings (SSSR count). The Hall–Kier alpha value is -3.23. The largest absolute Gasteiger partial charge is 0.497 e. The van der Waals surface area contributed by atoms with E-state index in [-0.39, 0.29) is 4.90 Å². The van der Waals surface area contributed by atoms with Crippen LogP contribution in [0.5, 0.6) is 11.5 Å². The number of anilines is 2. The van der Waals surface area contributed by atoms with Crippen molar-refractivity contribution in [2.24, 2.45) is 0 Å². The molecule has 33 heavy (non-hydrogen) atoms. The molecule has 0 fully saturated rings. The predicted octanol–water partition coefficient (Wildman–Crippen LogP) is 4.81. The van der Waals surface area contributed by atoms with Crippen LogP contribution in [0, 0.1) is 13.8 Å². The minimum Gasteiger partial charge on any atom is -0.497 e. The van der Waals surface area contributed by atoms with Crippen LogP contribution in [0.1, 0.15) is 11.1 Å². The summed E-state index contributed by atoms with van der Waals surface area (Å²) in [6.45, 7) is 3.37. The number of hydrogen-bond donors (Lipinski definition) is 1. The molecule has 174 valence electrons. The first-order valence-electron chi connectivity index (χ1n) is 10.0. The van der Waals surface area contributed by atoms with Crippen molar-refractivity contribution in [1.82, 2.24) is 0 Å². The standard InChI is InChI=1S/C24H25ClN2O5S/c1-16-5-8-19(13-17(16)2)27(33(29,30)21-10-6-18(25)7-11-21)15-24(28)26-22-12-9-20(31-3)14-23(22)32-4/h5-14H,15H2,1-4H3,(H,26,28). The summed E-state index contributed by atoms with van der Waals surface area (Å²) in [4.78, 5) is 13.0. The highest BCUT2D eigenvalue weighted by Crippen LogP contribution is 2.30. The molecule has 0 aromatic heterocycles. The lowest BCUT2D eigenvalue weighted by atomic mass is 10.1. The second-order valence-electron chi connectivity index (χ2n) is 7.35. The van der Waals surface area contributed by atoms with Gasteiger partial charge in [-0.25, -0.2) is 8.42 Å². The van der Waals surface area contributed by atoms with Gasteiger partial charge >= 0.3 is 0 Å². The summed E-state index contributed by atoms with van der Waals surface area (Å²) in [5.41, 5.74) is 2.69. The van der Waals surface area contributed by atoms with E-state index in [1.807, 2.05) is 19.9 Å². The smallest absolute Gasteiger partial charge is 0.264 e. The number of hydrogen-bond acceptors (Lipinski definition) is 5. The lowest BCUT2D eigenvalue weighted by Gasteiger charge is -2.25. The summed E-state index contributed by atoms with van der Waals surface area (Å²) in [5.74, 6) is 0.419. The van der Waals surface area contributed by atoms with Gasteiger partial charge in [0.25, 0.3) is 10.0 Å². The highest BCUT2D eigenvalue weighted by Gasteiger charge is 2.28. The van der Waals surface area contributed by atoms with E-state index in [4.69, 9.17) is 21.1 Å². The van der Waals surface area contributed by atoms with Crippen LogP contribution in [0.4, 0.5) is 11.4 Å². The van der Waals surface area contributed by atoms with Crippen molar-refractivity contribution in [2.45, 2.75) is 18.7 Å². The van der Waals surface area contributed by atoms with Gasteiger partial charge in [-0.05, 0) is 73.5 Å². The second-order valence-corrected chi connectivity index (χ2v) is 9.65. The minimum atomic E-state index is -4.05. The molecule has 0 unspecified atom stereocenters. The van der Waals surface area contributed by atoms with E-state index in [1.54, 1.807) is 30.3 Å². The third kappa shape index (κ3) is 5.58. The molecule has 0 aliphatic heterocycles. The van der Waals surface area contributed by atoms with Crippen LogP contribution in [0.15, 0.2) is 65.6 Å². The van der Waals surface area contributed by atoms with Crippen molar-refractivity contribution in [3.63, 3.8) is 0 Å². The summed E-state index contributed by atoms with van der Waals surface area (Å²) in [6.07, 6.45) is 0. The maximum atomic E-state index is 13.5. The van der Waals surface area contributed by atoms with E-state index in [2.05, 4.69) is 5.32 Å². The van der Waals surface area contributed by atoms with Gasteiger partial charge in [0.2, 0.25) is 5.91 Å². The highest BCUT2D eigenvalue weighted by molar-refractivity contribution is 7.92. The minimum absolute atomic E-state index is 0.0277. The van der Waals surface area contributed by atoms with Crippen LogP contribution >= 0.6 is 11.6 Å². The fourth-order valence-corrected chi connectivity index (χ4v) is 4.69.